The van der Waals surface area contributed by atoms with Gasteiger partial charge in [-0.05, 0) is 0 Å². The molecule has 1 aliphatic heterocycles. The largest absolute Gasteiger partial charge is 0.375 e. The molecule has 0 fully saturated rings. The van der Waals surface area contributed by atoms with Gasteiger partial charge in [-0.1, -0.05) is 0 Å². The van der Waals surface area contributed by atoms with Crippen molar-refractivity contribution in [1.29, 1.82) is 0 Å². The molecule has 0 unspecified atom stereocenters. The van der Waals surface area contributed by atoms with E-state index in [2.05, 4.69) is 10.3 Å². The summed E-state index contributed by atoms with van der Waals surface area (Å²) in [6.07, 6.45) is 0. The molecule has 3 N–H and O–H groups in total. The number of halogens is 2. The molecule has 0 aliphatic carbocycles. The molecular formula is C6H7F2N3S. The van der Waals surface area contributed by atoms with E-state index < -0.39 is 5.92 Å². The molecule has 2 heterocycles. The van der Waals surface area contributed by atoms with E-state index in [1.54, 1.807) is 0 Å². The molecule has 0 saturated carbocycles. The molecule has 1 aromatic rings. The molecular weight excluding hydrogens is 184 g/mol. The van der Waals surface area contributed by atoms with Crippen molar-refractivity contribution < 1.29 is 8.78 Å². The number of fused-ring (bicyclic) bond motifs is 1. The molecule has 66 valence electrons. The van der Waals surface area contributed by atoms with Crippen LogP contribution in [0.2, 0.25) is 0 Å². The van der Waals surface area contributed by atoms with Gasteiger partial charge in [0.05, 0.1) is 6.54 Å². The van der Waals surface area contributed by atoms with Crippen LogP contribution in [0.4, 0.5) is 13.9 Å². The van der Waals surface area contributed by atoms with Crippen LogP contribution in [0.5, 0.6) is 0 Å². The molecule has 6 heteroatoms. The Hall–Kier alpha value is -0.750. The molecule has 0 atom stereocenters. The summed E-state index contributed by atoms with van der Waals surface area (Å²) < 4.78 is 26.1. The van der Waals surface area contributed by atoms with E-state index in [4.69, 9.17) is 5.73 Å². The predicted octanol–water partition coefficient (Wildman–Crippen LogP) is 0.920. The molecule has 2 rings (SSSR count). The number of alkyl halides is 2. The van der Waals surface area contributed by atoms with Crippen molar-refractivity contribution in [2.45, 2.75) is 12.5 Å². The lowest BCUT2D eigenvalue weighted by atomic mass is 10.1. The Morgan fingerprint density at radius 2 is 2.33 bits per heavy atom. The summed E-state index contributed by atoms with van der Waals surface area (Å²) in [6, 6.07) is 0. The van der Waals surface area contributed by atoms with E-state index in [1.807, 2.05) is 0 Å². The van der Waals surface area contributed by atoms with Crippen LogP contribution in [0.3, 0.4) is 0 Å². The van der Waals surface area contributed by atoms with Gasteiger partial charge in [-0.2, -0.15) is 8.78 Å². The second-order valence-electron chi connectivity index (χ2n) is 2.63. The van der Waals surface area contributed by atoms with Crippen LogP contribution in [-0.4, -0.2) is 11.5 Å². The average Bonchev–Trinajstić information content (AvgIpc) is 2.30. The first-order valence-corrected chi connectivity index (χ1v) is 4.25. The van der Waals surface area contributed by atoms with Crippen molar-refractivity contribution in [3.63, 3.8) is 0 Å². The second kappa shape index (κ2) is 2.37. The van der Waals surface area contributed by atoms with Crippen molar-refractivity contribution in [1.82, 2.24) is 10.3 Å². The third-order valence-electron chi connectivity index (χ3n) is 1.69. The van der Waals surface area contributed by atoms with Crippen LogP contribution < -0.4 is 11.1 Å². The number of nitrogens with one attached hydrogen (secondary N) is 1. The van der Waals surface area contributed by atoms with Gasteiger partial charge in [0.1, 0.15) is 5.69 Å². The summed E-state index contributed by atoms with van der Waals surface area (Å²) >= 11 is 1.12. The highest BCUT2D eigenvalue weighted by atomic mass is 32.1. The molecule has 0 radical (unpaired) electrons. The summed E-state index contributed by atoms with van der Waals surface area (Å²) in [5.74, 6) is -2.86. The molecule has 0 aromatic carbocycles. The fourth-order valence-corrected chi connectivity index (χ4v) is 2.05. The molecule has 12 heavy (non-hydrogen) atoms. The highest BCUT2D eigenvalue weighted by Crippen LogP contribution is 2.36. The van der Waals surface area contributed by atoms with Crippen molar-refractivity contribution in [3.8, 4) is 0 Å². The number of rotatable bonds is 0. The number of anilines is 1. The number of hydrogen-bond donors (Lipinski definition) is 2. The highest BCUT2D eigenvalue weighted by Gasteiger charge is 2.39. The summed E-state index contributed by atoms with van der Waals surface area (Å²) in [6.45, 7) is 0.100. The Morgan fingerprint density at radius 1 is 1.58 bits per heavy atom. The van der Waals surface area contributed by atoms with Gasteiger partial charge in [0, 0.05) is 11.4 Å². The maximum atomic E-state index is 13.0. The summed E-state index contributed by atoms with van der Waals surface area (Å²) in [7, 11) is 0. The number of nitrogens with two attached hydrogens (primary N) is 1. The first-order chi connectivity index (χ1) is 5.59. The van der Waals surface area contributed by atoms with Crippen LogP contribution in [0.15, 0.2) is 0 Å². The lowest BCUT2D eigenvalue weighted by Gasteiger charge is -2.20. The van der Waals surface area contributed by atoms with Gasteiger partial charge in [0.25, 0.3) is 0 Å². The lowest BCUT2D eigenvalue weighted by Crippen LogP contribution is -2.36. The smallest absolute Gasteiger partial charge is 0.303 e. The van der Waals surface area contributed by atoms with Gasteiger partial charge in [0.2, 0.25) is 0 Å². The quantitative estimate of drug-likeness (QED) is 0.641. The van der Waals surface area contributed by atoms with Gasteiger partial charge in [-0.15, -0.1) is 11.3 Å². The van der Waals surface area contributed by atoms with Crippen LogP contribution in [0, 0.1) is 0 Å². The Balaban J connectivity index is 2.51. The Kier molecular flexibility index (Phi) is 1.55. The van der Waals surface area contributed by atoms with Gasteiger partial charge >= 0.3 is 5.92 Å². The molecule has 0 spiro atoms. The SMILES string of the molecule is Nc1nc2c(s1)CNCC2(F)F. The van der Waals surface area contributed by atoms with Gasteiger partial charge in [-0.25, -0.2) is 4.98 Å². The first-order valence-electron chi connectivity index (χ1n) is 3.44. The Bertz CT molecular complexity index is 310. The molecule has 1 aromatic heterocycles. The topological polar surface area (TPSA) is 50.9 Å². The van der Waals surface area contributed by atoms with Crippen molar-refractivity contribution in [3.05, 3.63) is 10.6 Å². The Labute approximate surface area is 71.6 Å². The molecule has 0 amide bonds. The van der Waals surface area contributed by atoms with Crippen molar-refractivity contribution in [2.75, 3.05) is 12.3 Å². The van der Waals surface area contributed by atoms with Crippen molar-refractivity contribution in [2.24, 2.45) is 0 Å². The van der Waals surface area contributed by atoms with E-state index in [0.717, 1.165) is 11.3 Å². The highest BCUT2D eigenvalue weighted by molar-refractivity contribution is 7.15. The second-order valence-corrected chi connectivity index (χ2v) is 3.75. The summed E-state index contributed by atoms with van der Waals surface area (Å²) in [5, 5.41) is 2.82. The average molecular weight is 191 g/mol. The number of nitrogen functional groups attached to an aromatic ring is 1. The standard InChI is InChI=1S/C6H7F2N3S/c7-6(8)2-10-1-3-4(6)11-5(9)12-3/h10H,1-2H2,(H2,9,11). The maximum absolute atomic E-state index is 13.0. The lowest BCUT2D eigenvalue weighted by molar-refractivity contribution is -0.0142. The minimum atomic E-state index is -2.86. The summed E-state index contributed by atoms with van der Waals surface area (Å²) in [5.41, 5.74) is 5.18. The molecule has 3 nitrogen and oxygen atoms in total. The molecule has 0 bridgehead atoms. The van der Waals surface area contributed by atoms with E-state index >= 15 is 0 Å². The van der Waals surface area contributed by atoms with E-state index in [-0.39, 0.29) is 17.4 Å². The van der Waals surface area contributed by atoms with Gasteiger partial charge < -0.3 is 11.1 Å². The number of thiazole rings is 1. The number of aromatic nitrogens is 1. The van der Waals surface area contributed by atoms with E-state index in [9.17, 15) is 8.78 Å². The first kappa shape index (κ1) is 7.88. The fraction of sp³-hybridized carbons (Fsp3) is 0.500. The van der Waals surface area contributed by atoms with Crippen LogP contribution >= 0.6 is 11.3 Å². The zero-order valence-corrected chi connectivity index (χ0v) is 6.92. The maximum Gasteiger partial charge on any atom is 0.303 e. The fourth-order valence-electron chi connectivity index (χ4n) is 1.19. The monoisotopic (exact) mass is 191 g/mol. The Morgan fingerprint density at radius 3 is 3.00 bits per heavy atom. The number of hydrogen-bond acceptors (Lipinski definition) is 4. The third kappa shape index (κ3) is 1.07. The summed E-state index contributed by atoms with van der Waals surface area (Å²) in [4.78, 5) is 4.16. The normalized spacial score (nSPS) is 20.5. The predicted molar refractivity (Wildman–Crippen MR) is 42.1 cm³/mol. The third-order valence-corrected chi connectivity index (χ3v) is 2.58. The molecule has 1 aliphatic rings. The van der Waals surface area contributed by atoms with Crippen LogP contribution in [0.25, 0.3) is 0 Å². The van der Waals surface area contributed by atoms with E-state index in [1.165, 1.54) is 0 Å². The zero-order valence-electron chi connectivity index (χ0n) is 6.10. The minimum Gasteiger partial charge on any atom is -0.375 e. The minimum absolute atomic E-state index is 0.149. The molecule has 0 saturated heterocycles. The van der Waals surface area contributed by atoms with E-state index in [0.29, 0.717) is 11.4 Å². The van der Waals surface area contributed by atoms with Crippen molar-refractivity contribution >= 4 is 16.5 Å². The van der Waals surface area contributed by atoms with Crippen LogP contribution in [-0.2, 0) is 12.5 Å². The zero-order chi connectivity index (χ0) is 8.77. The number of nitrogens with zero attached hydrogens (tertiary/aromatic N) is 1. The van der Waals surface area contributed by atoms with Crippen LogP contribution in [0.1, 0.15) is 10.6 Å². The van der Waals surface area contributed by atoms with Gasteiger partial charge in [0.15, 0.2) is 5.13 Å². The van der Waals surface area contributed by atoms with Gasteiger partial charge in [-0.3, -0.25) is 0 Å².